The van der Waals surface area contributed by atoms with Crippen molar-refractivity contribution in [3.05, 3.63) is 40.1 Å². The molecule has 2 aromatic heterocycles. The summed E-state index contributed by atoms with van der Waals surface area (Å²) in [6.07, 6.45) is 3.21. The van der Waals surface area contributed by atoms with Gasteiger partial charge in [0.05, 0.1) is 16.2 Å². The van der Waals surface area contributed by atoms with E-state index in [2.05, 4.69) is 14.7 Å². The van der Waals surface area contributed by atoms with E-state index in [9.17, 15) is 8.42 Å². The second-order valence-electron chi connectivity index (χ2n) is 3.43. The van der Waals surface area contributed by atoms with Gasteiger partial charge in [-0.3, -0.25) is 4.98 Å². The van der Waals surface area contributed by atoms with Gasteiger partial charge in [-0.25, -0.2) is 18.1 Å². The molecule has 0 aromatic carbocycles. The molecule has 5 nitrogen and oxygen atoms in total. The molecule has 2 rings (SSSR count). The third-order valence-corrected chi connectivity index (χ3v) is 4.75. The van der Waals surface area contributed by atoms with Crippen molar-refractivity contribution >= 4 is 33.0 Å². The molecule has 0 radical (unpaired) electrons. The number of hydrogen-bond donors (Lipinski definition) is 1. The number of halogens is 1. The summed E-state index contributed by atoms with van der Waals surface area (Å²) < 4.78 is 26.3. The van der Waals surface area contributed by atoms with Crippen molar-refractivity contribution in [2.45, 2.75) is 11.3 Å². The van der Waals surface area contributed by atoms with Gasteiger partial charge < -0.3 is 0 Å². The molecule has 0 aliphatic carbocycles. The van der Waals surface area contributed by atoms with Gasteiger partial charge in [0, 0.05) is 30.7 Å². The Morgan fingerprint density at radius 1 is 1.44 bits per heavy atom. The van der Waals surface area contributed by atoms with Crippen LogP contribution in [0.4, 0.5) is 0 Å². The van der Waals surface area contributed by atoms with Crippen LogP contribution in [0.25, 0.3) is 0 Å². The fourth-order valence-corrected chi connectivity index (χ4v) is 3.37. The zero-order valence-electron chi connectivity index (χ0n) is 9.21. The molecule has 96 valence electrons. The van der Waals surface area contributed by atoms with Crippen molar-refractivity contribution < 1.29 is 8.42 Å². The number of nitrogens with one attached hydrogen (secondary N) is 1. The standard InChI is InChI=1S/C10H10ClN3O2S2/c11-9-2-3-12-5-10(9)18(15,16)14-4-1-8-6-17-7-13-8/h2-3,5-7,14H,1,4H2. The molecule has 0 aliphatic heterocycles. The molecule has 0 fully saturated rings. The van der Waals surface area contributed by atoms with Crippen molar-refractivity contribution in [2.24, 2.45) is 0 Å². The van der Waals surface area contributed by atoms with E-state index in [4.69, 9.17) is 11.6 Å². The van der Waals surface area contributed by atoms with Gasteiger partial charge in [-0.2, -0.15) is 0 Å². The number of thiazole rings is 1. The Morgan fingerprint density at radius 3 is 2.94 bits per heavy atom. The highest BCUT2D eigenvalue weighted by Crippen LogP contribution is 2.18. The minimum atomic E-state index is -3.61. The van der Waals surface area contributed by atoms with Crippen molar-refractivity contribution in [1.29, 1.82) is 0 Å². The van der Waals surface area contributed by atoms with Crippen LogP contribution in [0.15, 0.2) is 34.2 Å². The third-order valence-electron chi connectivity index (χ3n) is 2.18. The summed E-state index contributed by atoms with van der Waals surface area (Å²) in [4.78, 5) is 7.82. The van der Waals surface area contributed by atoms with Gasteiger partial charge in [0.1, 0.15) is 4.90 Å². The molecule has 1 N–H and O–H groups in total. The van der Waals surface area contributed by atoms with Crippen LogP contribution in [-0.2, 0) is 16.4 Å². The second-order valence-corrected chi connectivity index (χ2v) is 6.29. The van der Waals surface area contributed by atoms with Crippen molar-refractivity contribution in [2.75, 3.05) is 6.54 Å². The van der Waals surface area contributed by atoms with E-state index in [1.807, 2.05) is 5.38 Å². The zero-order chi connectivity index (χ0) is 13.0. The van der Waals surface area contributed by atoms with E-state index in [0.29, 0.717) is 6.42 Å². The van der Waals surface area contributed by atoms with Crippen LogP contribution in [-0.4, -0.2) is 24.9 Å². The van der Waals surface area contributed by atoms with Crippen molar-refractivity contribution in [3.8, 4) is 0 Å². The predicted octanol–water partition coefficient (Wildman–Crippen LogP) is 1.71. The molecule has 0 atom stereocenters. The first-order valence-corrected chi connectivity index (χ1v) is 7.86. The summed E-state index contributed by atoms with van der Waals surface area (Å²) in [6, 6.07) is 1.44. The first-order chi connectivity index (χ1) is 8.59. The molecule has 8 heteroatoms. The first-order valence-electron chi connectivity index (χ1n) is 5.06. The van der Waals surface area contributed by atoms with Gasteiger partial charge in [0.2, 0.25) is 10.0 Å². The van der Waals surface area contributed by atoms with Crippen LogP contribution >= 0.6 is 22.9 Å². The van der Waals surface area contributed by atoms with E-state index in [1.54, 1.807) is 5.51 Å². The van der Waals surface area contributed by atoms with Crippen LogP contribution in [0.5, 0.6) is 0 Å². The molecular formula is C10H10ClN3O2S2. The topological polar surface area (TPSA) is 72.0 Å². The maximum absolute atomic E-state index is 11.9. The van der Waals surface area contributed by atoms with Gasteiger partial charge in [-0.15, -0.1) is 11.3 Å². The Labute approximate surface area is 114 Å². The van der Waals surface area contributed by atoms with E-state index in [-0.39, 0.29) is 16.5 Å². The number of hydrogen-bond acceptors (Lipinski definition) is 5. The average Bonchev–Trinajstić information content (AvgIpc) is 2.82. The monoisotopic (exact) mass is 303 g/mol. The lowest BCUT2D eigenvalue weighted by Gasteiger charge is -2.06. The summed E-state index contributed by atoms with van der Waals surface area (Å²) in [6.45, 7) is 0.275. The predicted molar refractivity (Wildman–Crippen MR) is 70.3 cm³/mol. The highest BCUT2D eigenvalue weighted by Gasteiger charge is 2.17. The average molecular weight is 304 g/mol. The minimum Gasteiger partial charge on any atom is -0.263 e. The molecule has 0 saturated carbocycles. The fraction of sp³-hybridized carbons (Fsp3) is 0.200. The van der Waals surface area contributed by atoms with E-state index in [1.165, 1.54) is 29.8 Å². The normalized spacial score (nSPS) is 11.6. The van der Waals surface area contributed by atoms with Crippen LogP contribution in [0.1, 0.15) is 5.69 Å². The lowest BCUT2D eigenvalue weighted by Crippen LogP contribution is -2.26. The Morgan fingerprint density at radius 2 is 2.28 bits per heavy atom. The molecule has 0 saturated heterocycles. The summed E-state index contributed by atoms with van der Waals surface area (Å²) in [5, 5.41) is 2.04. The van der Waals surface area contributed by atoms with Gasteiger partial charge in [-0.1, -0.05) is 11.6 Å². The molecule has 2 heterocycles. The molecule has 2 aromatic rings. The Balaban J connectivity index is 2.02. The maximum atomic E-state index is 11.9. The molecule has 0 aliphatic rings. The van der Waals surface area contributed by atoms with Crippen molar-refractivity contribution in [3.63, 3.8) is 0 Å². The third kappa shape index (κ3) is 3.26. The SMILES string of the molecule is O=S(=O)(NCCc1cscn1)c1cnccc1Cl. The molecule has 0 spiro atoms. The number of rotatable bonds is 5. The lowest BCUT2D eigenvalue weighted by atomic mass is 10.3. The number of pyridine rings is 1. The molecule has 18 heavy (non-hydrogen) atoms. The minimum absolute atomic E-state index is 0.00931. The van der Waals surface area contributed by atoms with Crippen LogP contribution in [0.2, 0.25) is 5.02 Å². The Kier molecular flexibility index (Phi) is 4.28. The van der Waals surface area contributed by atoms with E-state index >= 15 is 0 Å². The van der Waals surface area contributed by atoms with Gasteiger partial charge >= 0.3 is 0 Å². The largest absolute Gasteiger partial charge is 0.263 e. The summed E-state index contributed by atoms with van der Waals surface area (Å²) >= 11 is 7.29. The van der Waals surface area contributed by atoms with Crippen LogP contribution in [0, 0.1) is 0 Å². The number of sulfonamides is 1. The number of aromatic nitrogens is 2. The summed E-state index contributed by atoms with van der Waals surface area (Å²) in [7, 11) is -3.61. The smallest absolute Gasteiger partial charge is 0.243 e. The van der Waals surface area contributed by atoms with Gasteiger partial charge in [-0.05, 0) is 6.07 Å². The second kappa shape index (κ2) is 5.75. The Hall–Kier alpha value is -1.02. The summed E-state index contributed by atoms with van der Waals surface area (Å²) in [5.74, 6) is 0. The number of nitrogens with zero attached hydrogens (tertiary/aromatic N) is 2. The quantitative estimate of drug-likeness (QED) is 0.913. The van der Waals surface area contributed by atoms with Crippen LogP contribution in [0.3, 0.4) is 0 Å². The highest BCUT2D eigenvalue weighted by atomic mass is 35.5. The lowest BCUT2D eigenvalue weighted by molar-refractivity contribution is 0.581. The molecule has 0 bridgehead atoms. The first kappa shape index (κ1) is 13.4. The van der Waals surface area contributed by atoms with E-state index in [0.717, 1.165) is 5.69 Å². The fourth-order valence-electron chi connectivity index (χ4n) is 1.31. The van der Waals surface area contributed by atoms with E-state index < -0.39 is 10.0 Å². The zero-order valence-corrected chi connectivity index (χ0v) is 11.6. The molecular weight excluding hydrogens is 294 g/mol. The highest BCUT2D eigenvalue weighted by molar-refractivity contribution is 7.89. The van der Waals surface area contributed by atoms with Gasteiger partial charge in [0.25, 0.3) is 0 Å². The van der Waals surface area contributed by atoms with Crippen LogP contribution < -0.4 is 4.72 Å². The van der Waals surface area contributed by atoms with Crippen molar-refractivity contribution in [1.82, 2.24) is 14.7 Å². The maximum Gasteiger partial charge on any atom is 0.243 e. The molecule has 0 amide bonds. The summed E-state index contributed by atoms with van der Waals surface area (Å²) in [5.41, 5.74) is 2.57. The van der Waals surface area contributed by atoms with Gasteiger partial charge in [0.15, 0.2) is 0 Å². The Bertz CT molecular complexity index is 614. The molecule has 0 unspecified atom stereocenters.